The lowest BCUT2D eigenvalue weighted by Gasteiger charge is -2.31. The Morgan fingerprint density at radius 3 is 2.58 bits per heavy atom. The monoisotopic (exact) mass is 330 g/mol. The summed E-state index contributed by atoms with van der Waals surface area (Å²) in [7, 11) is 2.07. The third kappa shape index (κ3) is 3.75. The third-order valence-corrected chi connectivity index (χ3v) is 5.59. The molecule has 0 aromatic heterocycles. The minimum atomic E-state index is -0.477. The SMILES string of the molecule is CC1CCN(C(=O)c2ccc3c(c2)C(O)CCCCCN3C)CC1. The van der Waals surface area contributed by atoms with Gasteiger partial charge in [0.15, 0.2) is 0 Å². The van der Waals surface area contributed by atoms with E-state index in [1.807, 2.05) is 23.1 Å². The number of hydrogen-bond acceptors (Lipinski definition) is 3. The summed E-state index contributed by atoms with van der Waals surface area (Å²) in [5.41, 5.74) is 2.69. The zero-order chi connectivity index (χ0) is 17.1. The van der Waals surface area contributed by atoms with Crippen LogP contribution in [0.3, 0.4) is 0 Å². The van der Waals surface area contributed by atoms with Crippen molar-refractivity contribution >= 4 is 11.6 Å². The summed E-state index contributed by atoms with van der Waals surface area (Å²) in [6.45, 7) is 4.94. The number of piperidine rings is 1. The van der Waals surface area contributed by atoms with Gasteiger partial charge in [-0.1, -0.05) is 19.8 Å². The first-order chi connectivity index (χ1) is 11.6. The van der Waals surface area contributed by atoms with Crippen LogP contribution in [0.4, 0.5) is 5.69 Å². The summed E-state index contributed by atoms with van der Waals surface area (Å²) in [6, 6.07) is 5.88. The fourth-order valence-electron chi connectivity index (χ4n) is 3.84. The molecule has 1 unspecified atom stereocenters. The predicted molar refractivity (Wildman–Crippen MR) is 97.4 cm³/mol. The fourth-order valence-corrected chi connectivity index (χ4v) is 3.84. The standard InChI is InChI=1S/C20H30N2O2/c1-15-9-12-22(13-10-15)20(24)16-7-8-18-17(14-16)19(23)6-4-3-5-11-21(18)2/h7-8,14-15,19,23H,3-6,9-13H2,1-2H3. The molecule has 1 aromatic carbocycles. The van der Waals surface area contributed by atoms with Gasteiger partial charge in [-0.3, -0.25) is 4.79 Å². The summed E-state index contributed by atoms with van der Waals surface area (Å²) >= 11 is 0. The van der Waals surface area contributed by atoms with Crippen molar-refractivity contribution in [3.8, 4) is 0 Å². The highest BCUT2D eigenvalue weighted by Gasteiger charge is 2.24. The first-order valence-corrected chi connectivity index (χ1v) is 9.38. The lowest BCUT2D eigenvalue weighted by Crippen LogP contribution is -2.38. The van der Waals surface area contributed by atoms with Gasteiger partial charge in [-0.05, 0) is 49.8 Å². The van der Waals surface area contributed by atoms with Gasteiger partial charge in [-0.2, -0.15) is 0 Å². The Bertz CT molecular complexity index is 579. The van der Waals surface area contributed by atoms with E-state index >= 15 is 0 Å². The van der Waals surface area contributed by atoms with E-state index in [0.29, 0.717) is 5.92 Å². The summed E-state index contributed by atoms with van der Waals surface area (Å²) in [5.74, 6) is 0.823. The molecular weight excluding hydrogens is 300 g/mol. The van der Waals surface area contributed by atoms with Crippen LogP contribution in [0.5, 0.6) is 0 Å². The number of carbonyl (C=O) groups is 1. The number of anilines is 1. The van der Waals surface area contributed by atoms with Gasteiger partial charge >= 0.3 is 0 Å². The van der Waals surface area contributed by atoms with Crippen LogP contribution < -0.4 is 4.90 Å². The highest BCUT2D eigenvalue weighted by atomic mass is 16.3. The molecule has 1 saturated heterocycles. The summed E-state index contributed by atoms with van der Waals surface area (Å²) in [6.07, 6.45) is 5.80. The Labute approximate surface area is 145 Å². The number of nitrogens with zero attached hydrogens (tertiary/aromatic N) is 2. The fraction of sp³-hybridized carbons (Fsp3) is 0.650. The predicted octanol–water partition coefficient (Wildman–Crippen LogP) is 3.60. The van der Waals surface area contributed by atoms with E-state index in [1.165, 1.54) is 0 Å². The lowest BCUT2D eigenvalue weighted by molar-refractivity contribution is 0.0697. The number of amides is 1. The quantitative estimate of drug-likeness (QED) is 0.855. The van der Waals surface area contributed by atoms with Crippen molar-refractivity contribution in [2.24, 2.45) is 5.92 Å². The van der Waals surface area contributed by atoms with Gasteiger partial charge in [0.1, 0.15) is 0 Å². The topological polar surface area (TPSA) is 43.8 Å². The third-order valence-electron chi connectivity index (χ3n) is 5.59. The molecule has 132 valence electrons. The van der Waals surface area contributed by atoms with Gasteiger partial charge in [-0.25, -0.2) is 0 Å². The molecule has 0 bridgehead atoms. The van der Waals surface area contributed by atoms with Crippen molar-refractivity contribution in [3.05, 3.63) is 29.3 Å². The Kier molecular flexibility index (Phi) is 5.44. The number of hydrogen-bond donors (Lipinski definition) is 1. The summed E-state index contributed by atoms with van der Waals surface area (Å²) < 4.78 is 0. The van der Waals surface area contributed by atoms with Gasteiger partial charge in [-0.15, -0.1) is 0 Å². The smallest absolute Gasteiger partial charge is 0.253 e. The molecule has 1 aromatic rings. The molecule has 2 aliphatic rings. The highest BCUT2D eigenvalue weighted by Crippen LogP contribution is 2.32. The van der Waals surface area contributed by atoms with Crippen molar-refractivity contribution < 1.29 is 9.90 Å². The zero-order valence-electron chi connectivity index (χ0n) is 15.0. The molecule has 0 aliphatic carbocycles. The maximum Gasteiger partial charge on any atom is 0.253 e. The molecule has 4 heteroatoms. The lowest BCUT2D eigenvalue weighted by atomic mass is 9.97. The second-order valence-electron chi connectivity index (χ2n) is 7.54. The van der Waals surface area contributed by atoms with Gasteiger partial charge in [0.05, 0.1) is 6.10 Å². The second-order valence-corrected chi connectivity index (χ2v) is 7.54. The van der Waals surface area contributed by atoms with E-state index in [1.54, 1.807) is 0 Å². The Morgan fingerprint density at radius 2 is 1.83 bits per heavy atom. The van der Waals surface area contributed by atoms with Crippen LogP contribution in [-0.4, -0.2) is 42.6 Å². The van der Waals surface area contributed by atoms with E-state index in [2.05, 4.69) is 18.9 Å². The van der Waals surface area contributed by atoms with Gasteiger partial charge in [0.2, 0.25) is 0 Å². The Hall–Kier alpha value is -1.55. The molecule has 3 rings (SSSR count). The van der Waals surface area contributed by atoms with Crippen LogP contribution in [0.2, 0.25) is 0 Å². The number of rotatable bonds is 1. The Balaban J connectivity index is 1.85. The molecule has 2 aliphatic heterocycles. The molecule has 0 saturated carbocycles. The summed E-state index contributed by atoms with van der Waals surface area (Å²) in [5, 5.41) is 10.6. The normalized spacial score (nSPS) is 23.2. The molecule has 1 atom stereocenters. The zero-order valence-corrected chi connectivity index (χ0v) is 15.0. The second kappa shape index (κ2) is 7.56. The maximum atomic E-state index is 12.8. The number of fused-ring (bicyclic) bond motifs is 1. The summed E-state index contributed by atoms with van der Waals surface area (Å²) in [4.78, 5) is 17.0. The molecule has 2 heterocycles. The number of aliphatic hydroxyl groups excluding tert-OH is 1. The van der Waals surface area contributed by atoms with Crippen molar-refractivity contribution in [2.45, 2.75) is 51.6 Å². The average molecular weight is 330 g/mol. The van der Waals surface area contributed by atoms with Crippen LogP contribution in [-0.2, 0) is 0 Å². The molecule has 1 amide bonds. The molecular formula is C20H30N2O2. The Morgan fingerprint density at radius 1 is 1.08 bits per heavy atom. The van der Waals surface area contributed by atoms with E-state index in [4.69, 9.17) is 0 Å². The van der Waals surface area contributed by atoms with Crippen LogP contribution in [0, 0.1) is 5.92 Å². The molecule has 0 radical (unpaired) electrons. The van der Waals surface area contributed by atoms with Crippen molar-refractivity contribution in [1.82, 2.24) is 4.90 Å². The number of likely N-dealkylation sites (tertiary alicyclic amines) is 1. The van der Waals surface area contributed by atoms with E-state index in [0.717, 1.165) is 75.0 Å². The molecule has 1 fully saturated rings. The molecule has 1 N–H and O–H groups in total. The van der Waals surface area contributed by atoms with Crippen molar-refractivity contribution in [2.75, 3.05) is 31.6 Å². The number of aliphatic hydroxyl groups is 1. The maximum absolute atomic E-state index is 12.8. The minimum absolute atomic E-state index is 0.111. The van der Waals surface area contributed by atoms with Crippen LogP contribution >= 0.6 is 0 Å². The van der Waals surface area contributed by atoms with Gasteiger partial charge in [0.25, 0.3) is 5.91 Å². The minimum Gasteiger partial charge on any atom is -0.388 e. The van der Waals surface area contributed by atoms with Crippen LogP contribution in [0.25, 0.3) is 0 Å². The van der Waals surface area contributed by atoms with Gasteiger partial charge in [0, 0.05) is 43.5 Å². The first-order valence-electron chi connectivity index (χ1n) is 9.38. The number of carbonyl (C=O) groups excluding carboxylic acids is 1. The molecule has 4 nitrogen and oxygen atoms in total. The van der Waals surface area contributed by atoms with Crippen molar-refractivity contribution in [3.63, 3.8) is 0 Å². The molecule has 0 spiro atoms. The van der Waals surface area contributed by atoms with Crippen LogP contribution in [0.15, 0.2) is 18.2 Å². The number of benzene rings is 1. The van der Waals surface area contributed by atoms with Crippen molar-refractivity contribution in [1.29, 1.82) is 0 Å². The highest BCUT2D eigenvalue weighted by molar-refractivity contribution is 5.95. The van der Waals surface area contributed by atoms with Crippen LogP contribution in [0.1, 0.15) is 67.5 Å². The van der Waals surface area contributed by atoms with E-state index < -0.39 is 6.10 Å². The van der Waals surface area contributed by atoms with E-state index in [9.17, 15) is 9.90 Å². The average Bonchev–Trinajstić information content (AvgIpc) is 2.66. The molecule has 24 heavy (non-hydrogen) atoms. The largest absolute Gasteiger partial charge is 0.388 e. The van der Waals surface area contributed by atoms with Gasteiger partial charge < -0.3 is 14.9 Å². The van der Waals surface area contributed by atoms with E-state index in [-0.39, 0.29) is 5.91 Å². The first kappa shape index (κ1) is 17.3.